The number of benzene rings is 2. The lowest BCUT2D eigenvalue weighted by molar-refractivity contribution is -0.139. The van der Waals surface area contributed by atoms with Gasteiger partial charge in [0, 0.05) is 45.5 Å². The summed E-state index contributed by atoms with van der Waals surface area (Å²) >= 11 is 0. The van der Waals surface area contributed by atoms with Gasteiger partial charge in [-0.05, 0) is 48.2 Å². The zero-order valence-corrected chi connectivity index (χ0v) is 20.9. The minimum Gasteiger partial charge on any atom is -0.497 e. The Bertz CT molecular complexity index is 1230. The minimum absolute atomic E-state index is 0.277. The first-order valence-electron chi connectivity index (χ1n) is 12.8. The van der Waals surface area contributed by atoms with Crippen molar-refractivity contribution >= 4 is 5.91 Å². The van der Waals surface area contributed by atoms with E-state index < -0.39 is 5.41 Å². The molecule has 5 rings (SSSR count). The summed E-state index contributed by atoms with van der Waals surface area (Å²) in [5.41, 5.74) is 3.64. The van der Waals surface area contributed by atoms with Crippen LogP contribution in [0.25, 0.3) is 0 Å². The predicted octanol–water partition coefficient (Wildman–Crippen LogP) is 3.97. The summed E-state index contributed by atoms with van der Waals surface area (Å²) in [6.07, 6.45) is 7.79. The third-order valence-corrected chi connectivity index (χ3v) is 7.77. The largest absolute Gasteiger partial charge is 0.497 e. The van der Waals surface area contributed by atoms with Gasteiger partial charge in [-0.1, -0.05) is 37.1 Å². The molecule has 1 aromatic heterocycles. The maximum Gasteiger partial charge on any atom is 0.233 e. The Hall–Kier alpha value is -3.63. The highest BCUT2D eigenvalue weighted by atomic mass is 16.5. The van der Waals surface area contributed by atoms with Gasteiger partial charge in [0.15, 0.2) is 0 Å². The standard InChI is InChI=1S/C29H33N5O2/c1-36-27-6-4-5-25(17-27)29(11-2-3-12-29)28(35)33-15-13-32(14-16-33)21-26-19-31-22-34(26)20-24-9-7-23(18-30)8-10-24/h4-10,17,19,22H,2-3,11-16,20-21H2,1H3. The molecule has 0 N–H and O–H groups in total. The van der Waals surface area contributed by atoms with Gasteiger partial charge in [0.1, 0.15) is 5.75 Å². The van der Waals surface area contributed by atoms with Gasteiger partial charge >= 0.3 is 0 Å². The van der Waals surface area contributed by atoms with Gasteiger partial charge in [-0.2, -0.15) is 5.26 Å². The smallest absolute Gasteiger partial charge is 0.233 e. The van der Waals surface area contributed by atoms with E-state index in [4.69, 9.17) is 10.00 Å². The van der Waals surface area contributed by atoms with Gasteiger partial charge in [-0.15, -0.1) is 0 Å². The number of carbonyl (C=O) groups excluding carboxylic acids is 1. The number of piperazine rings is 1. The van der Waals surface area contributed by atoms with E-state index in [2.05, 4.69) is 37.6 Å². The molecule has 1 amide bonds. The van der Waals surface area contributed by atoms with Gasteiger partial charge in [0.25, 0.3) is 0 Å². The van der Waals surface area contributed by atoms with E-state index in [0.717, 1.165) is 87.5 Å². The number of aromatic nitrogens is 2. The third-order valence-electron chi connectivity index (χ3n) is 7.77. The fourth-order valence-electron chi connectivity index (χ4n) is 5.67. The summed E-state index contributed by atoms with van der Waals surface area (Å²) in [5.74, 6) is 1.09. The zero-order chi connectivity index (χ0) is 25.0. The van der Waals surface area contributed by atoms with Gasteiger partial charge in [0.2, 0.25) is 5.91 Å². The fourth-order valence-corrected chi connectivity index (χ4v) is 5.67. The molecule has 2 aromatic carbocycles. The Morgan fingerprint density at radius 3 is 2.50 bits per heavy atom. The third kappa shape index (κ3) is 4.87. The topological polar surface area (TPSA) is 74.4 Å². The molecule has 0 radical (unpaired) electrons. The lowest BCUT2D eigenvalue weighted by Crippen LogP contribution is -2.53. The van der Waals surface area contributed by atoms with Crippen LogP contribution in [-0.4, -0.2) is 58.5 Å². The average Bonchev–Trinajstić information content (AvgIpc) is 3.60. The van der Waals surface area contributed by atoms with E-state index in [1.807, 2.05) is 48.9 Å². The van der Waals surface area contributed by atoms with E-state index in [9.17, 15) is 4.79 Å². The second-order valence-corrected chi connectivity index (χ2v) is 9.91. The van der Waals surface area contributed by atoms with Gasteiger partial charge in [-0.3, -0.25) is 9.69 Å². The summed E-state index contributed by atoms with van der Waals surface area (Å²) in [7, 11) is 1.68. The van der Waals surface area contributed by atoms with Crippen LogP contribution in [0.15, 0.2) is 61.1 Å². The summed E-state index contributed by atoms with van der Waals surface area (Å²) in [5, 5.41) is 9.02. The number of hydrogen-bond donors (Lipinski definition) is 0. The quantitative estimate of drug-likeness (QED) is 0.508. The maximum absolute atomic E-state index is 13.9. The van der Waals surface area contributed by atoms with Crippen LogP contribution in [-0.2, 0) is 23.3 Å². The maximum atomic E-state index is 13.9. The number of nitriles is 1. The van der Waals surface area contributed by atoms with Gasteiger partial charge in [-0.25, -0.2) is 4.98 Å². The first-order valence-corrected chi connectivity index (χ1v) is 12.8. The van der Waals surface area contributed by atoms with E-state index >= 15 is 0 Å². The molecule has 0 unspecified atom stereocenters. The molecule has 0 atom stereocenters. The van der Waals surface area contributed by atoms with Crippen molar-refractivity contribution in [1.29, 1.82) is 5.26 Å². The second-order valence-electron chi connectivity index (χ2n) is 9.91. The summed E-state index contributed by atoms with van der Waals surface area (Å²) in [6, 6.07) is 17.9. The molecule has 186 valence electrons. The van der Waals surface area contributed by atoms with Crippen molar-refractivity contribution in [2.24, 2.45) is 0 Å². The van der Waals surface area contributed by atoms with Crippen molar-refractivity contribution in [2.45, 2.75) is 44.2 Å². The predicted molar refractivity (Wildman–Crippen MR) is 137 cm³/mol. The van der Waals surface area contributed by atoms with E-state index in [-0.39, 0.29) is 5.91 Å². The lowest BCUT2D eigenvalue weighted by Gasteiger charge is -2.40. The molecule has 2 heterocycles. The molecule has 3 aromatic rings. The molecule has 7 nitrogen and oxygen atoms in total. The molecule has 36 heavy (non-hydrogen) atoms. The van der Waals surface area contributed by atoms with Crippen LogP contribution in [0.2, 0.25) is 0 Å². The molecule has 1 saturated heterocycles. The Morgan fingerprint density at radius 1 is 1.06 bits per heavy atom. The van der Waals surface area contributed by atoms with Crippen molar-refractivity contribution in [1.82, 2.24) is 19.4 Å². The molecular formula is C29H33N5O2. The Morgan fingerprint density at radius 2 is 1.81 bits per heavy atom. The molecule has 0 spiro atoms. The van der Waals surface area contributed by atoms with Crippen molar-refractivity contribution in [3.05, 3.63) is 83.4 Å². The van der Waals surface area contributed by atoms with E-state index in [0.29, 0.717) is 5.56 Å². The number of rotatable bonds is 7. The average molecular weight is 484 g/mol. The number of amides is 1. The first-order chi connectivity index (χ1) is 17.6. The minimum atomic E-state index is -0.420. The number of methoxy groups -OCH3 is 1. The number of nitrogens with zero attached hydrogens (tertiary/aromatic N) is 5. The zero-order valence-electron chi connectivity index (χ0n) is 20.9. The lowest BCUT2D eigenvalue weighted by atomic mass is 9.77. The molecule has 1 aliphatic heterocycles. The summed E-state index contributed by atoms with van der Waals surface area (Å²) < 4.78 is 7.62. The van der Waals surface area contributed by atoms with Crippen molar-refractivity contribution in [3.8, 4) is 11.8 Å². The Kier molecular flexibility index (Phi) is 7.06. The number of carbonyl (C=O) groups is 1. The van der Waals surface area contributed by atoms with Gasteiger partial charge < -0.3 is 14.2 Å². The summed E-state index contributed by atoms with van der Waals surface area (Å²) in [4.78, 5) is 22.7. The van der Waals surface area contributed by atoms with Crippen molar-refractivity contribution < 1.29 is 9.53 Å². The number of ether oxygens (including phenoxy) is 1. The Balaban J connectivity index is 1.22. The highest BCUT2D eigenvalue weighted by Gasteiger charge is 2.45. The molecule has 1 saturated carbocycles. The van der Waals surface area contributed by atoms with E-state index in [1.54, 1.807) is 7.11 Å². The normalized spacial score (nSPS) is 17.6. The molecule has 2 fully saturated rings. The van der Waals surface area contributed by atoms with E-state index in [1.165, 1.54) is 0 Å². The first kappa shape index (κ1) is 24.1. The van der Waals surface area contributed by atoms with Crippen LogP contribution in [0.5, 0.6) is 5.75 Å². The Labute approximate surface area is 212 Å². The number of imidazole rings is 1. The van der Waals surface area contributed by atoms with Crippen LogP contribution >= 0.6 is 0 Å². The molecule has 1 aliphatic carbocycles. The molecule has 0 bridgehead atoms. The molecule has 7 heteroatoms. The van der Waals surface area contributed by atoms with Gasteiger partial charge in [0.05, 0.1) is 36.2 Å². The highest BCUT2D eigenvalue weighted by molar-refractivity contribution is 5.89. The second kappa shape index (κ2) is 10.5. The fraction of sp³-hybridized carbons (Fsp3) is 0.414. The van der Waals surface area contributed by atoms with Crippen LogP contribution in [0.3, 0.4) is 0 Å². The monoisotopic (exact) mass is 483 g/mol. The van der Waals surface area contributed by atoms with Crippen LogP contribution in [0, 0.1) is 11.3 Å². The highest BCUT2D eigenvalue weighted by Crippen LogP contribution is 2.43. The van der Waals surface area contributed by atoms with Crippen LogP contribution in [0.1, 0.15) is 48.1 Å². The van der Waals surface area contributed by atoms with Crippen molar-refractivity contribution in [3.63, 3.8) is 0 Å². The molecule has 2 aliphatic rings. The molecular weight excluding hydrogens is 450 g/mol. The summed E-state index contributed by atoms with van der Waals surface area (Å²) in [6.45, 7) is 4.72. The van der Waals surface area contributed by atoms with Crippen molar-refractivity contribution in [2.75, 3.05) is 33.3 Å². The number of hydrogen-bond acceptors (Lipinski definition) is 5. The van der Waals surface area contributed by atoms with Crippen LogP contribution < -0.4 is 4.74 Å². The van der Waals surface area contributed by atoms with Crippen LogP contribution in [0.4, 0.5) is 0 Å². The SMILES string of the molecule is COc1cccc(C2(C(=O)N3CCN(Cc4cncn4Cc4ccc(C#N)cc4)CC3)CCCC2)c1.